The van der Waals surface area contributed by atoms with Gasteiger partial charge in [-0.15, -0.1) is 0 Å². The summed E-state index contributed by atoms with van der Waals surface area (Å²) in [6.07, 6.45) is 2.88. The van der Waals surface area contributed by atoms with Gasteiger partial charge in [-0.1, -0.05) is 12.2 Å². The van der Waals surface area contributed by atoms with Gasteiger partial charge in [-0.25, -0.2) is 0 Å². The van der Waals surface area contributed by atoms with E-state index in [1.54, 1.807) is 6.20 Å². The standard InChI is InChI=1S/C13H20N4OS/c14-13(19)12-3-2-11(10-16-12)15-4-1-5-17-6-8-18-9-7-17/h2-3,10,15H,1,4-9H2,(H2,14,19). The number of pyridine rings is 1. The predicted octanol–water partition coefficient (Wildman–Crippen LogP) is 0.850. The Labute approximate surface area is 119 Å². The smallest absolute Gasteiger partial charge is 0.122 e. The Balaban J connectivity index is 1.66. The van der Waals surface area contributed by atoms with Crippen molar-refractivity contribution in [3.05, 3.63) is 24.0 Å². The number of rotatable bonds is 6. The molecule has 0 aromatic carbocycles. The molecule has 1 aromatic rings. The fourth-order valence-corrected chi connectivity index (χ4v) is 2.13. The van der Waals surface area contributed by atoms with Crippen LogP contribution < -0.4 is 11.1 Å². The molecule has 1 aliphatic rings. The monoisotopic (exact) mass is 280 g/mol. The lowest BCUT2D eigenvalue weighted by Crippen LogP contribution is -2.37. The van der Waals surface area contributed by atoms with E-state index in [-0.39, 0.29) is 0 Å². The maximum atomic E-state index is 5.50. The van der Waals surface area contributed by atoms with E-state index in [2.05, 4.69) is 15.2 Å². The normalized spacial score (nSPS) is 16.2. The maximum absolute atomic E-state index is 5.50. The van der Waals surface area contributed by atoms with Crippen molar-refractivity contribution in [2.75, 3.05) is 44.7 Å². The van der Waals surface area contributed by atoms with Crippen LogP contribution in [0.25, 0.3) is 0 Å². The van der Waals surface area contributed by atoms with Gasteiger partial charge >= 0.3 is 0 Å². The zero-order valence-corrected chi connectivity index (χ0v) is 11.8. The van der Waals surface area contributed by atoms with Gasteiger partial charge in [-0.3, -0.25) is 9.88 Å². The zero-order chi connectivity index (χ0) is 13.5. The van der Waals surface area contributed by atoms with Crippen LogP contribution in [-0.2, 0) is 4.74 Å². The number of nitrogens with zero attached hydrogens (tertiary/aromatic N) is 2. The molecule has 1 fully saturated rings. The van der Waals surface area contributed by atoms with Gasteiger partial charge in [0.1, 0.15) is 4.99 Å². The van der Waals surface area contributed by atoms with Gasteiger partial charge in [0.2, 0.25) is 0 Å². The molecule has 3 N–H and O–H groups in total. The molecule has 0 bridgehead atoms. The molecule has 1 aliphatic heterocycles. The lowest BCUT2D eigenvalue weighted by Gasteiger charge is -2.26. The average molecular weight is 280 g/mol. The number of anilines is 1. The summed E-state index contributed by atoms with van der Waals surface area (Å²) in [4.78, 5) is 6.95. The Bertz CT molecular complexity index is 404. The number of hydrogen-bond acceptors (Lipinski definition) is 5. The molecular weight excluding hydrogens is 260 g/mol. The van der Waals surface area contributed by atoms with E-state index < -0.39 is 0 Å². The van der Waals surface area contributed by atoms with Crippen LogP contribution in [0.1, 0.15) is 12.1 Å². The van der Waals surface area contributed by atoms with Gasteiger partial charge in [-0.2, -0.15) is 0 Å². The zero-order valence-electron chi connectivity index (χ0n) is 11.0. The summed E-state index contributed by atoms with van der Waals surface area (Å²) in [5, 5.41) is 3.35. The van der Waals surface area contributed by atoms with E-state index >= 15 is 0 Å². The van der Waals surface area contributed by atoms with E-state index in [9.17, 15) is 0 Å². The van der Waals surface area contributed by atoms with Crippen molar-refractivity contribution < 1.29 is 4.74 Å². The lowest BCUT2D eigenvalue weighted by molar-refractivity contribution is 0.0378. The minimum absolute atomic E-state index is 0.332. The Morgan fingerprint density at radius 3 is 2.84 bits per heavy atom. The van der Waals surface area contributed by atoms with Gasteiger partial charge in [0.15, 0.2) is 0 Å². The molecule has 0 spiro atoms. The van der Waals surface area contributed by atoms with Crippen LogP contribution in [0, 0.1) is 0 Å². The first-order valence-electron chi connectivity index (χ1n) is 6.55. The number of aromatic nitrogens is 1. The maximum Gasteiger partial charge on any atom is 0.122 e. The van der Waals surface area contributed by atoms with Crippen LogP contribution >= 0.6 is 12.2 Å². The molecule has 0 aliphatic carbocycles. The van der Waals surface area contributed by atoms with Gasteiger partial charge in [-0.05, 0) is 25.1 Å². The van der Waals surface area contributed by atoms with Gasteiger partial charge in [0, 0.05) is 19.6 Å². The Kier molecular flexibility index (Phi) is 5.50. The molecule has 1 saturated heterocycles. The molecule has 1 aromatic heterocycles. The summed E-state index contributed by atoms with van der Waals surface area (Å²) in [6, 6.07) is 3.79. The van der Waals surface area contributed by atoms with E-state index in [0.29, 0.717) is 10.7 Å². The number of nitrogens with one attached hydrogen (secondary N) is 1. The summed E-state index contributed by atoms with van der Waals surface area (Å²) >= 11 is 4.86. The number of morpholine rings is 1. The van der Waals surface area contributed by atoms with E-state index in [0.717, 1.165) is 51.5 Å². The number of nitrogens with two attached hydrogens (primary N) is 1. The second-order valence-corrected chi connectivity index (χ2v) is 4.97. The second kappa shape index (κ2) is 7.37. The first kappa shape index (κ1) is 14.2. The van der Waals surface area contributed by atoms with Crippen LogP contribution in [0.3, 0.4) is 0 Å². The molecule has 0 unspecified atom stereocenters. The Hall–Kier alpha value is -1.24. The van der Waals surface area contributed by atoms with Crippen molar-refractivity contribution in [3.8, 4) is 0 Å². The quantitative estimate of drug-likeness (QED) is 0.595. The van der Waals surface area contributed by atoms with Crippen LogP contribution in [-0.4, -0.2) is 54.3 Å². The third-order valence-corrected chi connectivity index (χ3v) is 3.31. The summed E-state index contributed by atoms with van der Waals surface area (Å²) in [5.41, 5.74) is 7.16. The van der Waals surface area contributed by atoms with Crippen molar-refractivity contribution in [1.82, 2.24) is 9.88 Å². The molecule has 0 saturated carbocycles. The van der Waals surface area contributed by atoms with E-state index in [1.807, 2.05) is 12.1 Å². The third-order valence-electron chi connectivity index (χ3n) is 3.10. The van der Waals surface area contributed by atoms with E-state index in [4.69, 9.17) is 22.7 Å². The van der Waals surface area contributed by atoms with Crippen LogP contribution in [0.4, 0.5) is 5.69 Å². The molecule has 2 rings (SSSR count). The highest BCUT2D eigenvalue weighted by molar-refractivity contribution is 7.80. The van der Waals surface area contributed by atoms with Gasteiger partial charge in [0.05, 0.1) is 30.8 Å². The van der Waals surface area contributed by atoms with Gasteiger partial charge < -0.3 is 15.8 Å². The molecule has 5 nitrogen and oxygen atoms in total. The molecule has 2 heterocycles. The van der Waals surface area contributed by atoms with Crippen molar-refractivity contribution in [1.29, 1.82) is 0 Å². The fourth-order valence-electron chi connectivity index (χ4n) is 2.00. The SMILES string of the molecule is NC(=S)c1ccc(NCCCN2CCOCC2)cn1. The van der Waals surface area contributed by atoms with Crippen molar-refractivity contribution in [2.24, 2.45) is 5.73 Å². The topological polar surface area (TPSA) is 63.4 Å². The molecular formula is C13H20N4OS. The number of hydrogen-bond donors (Lipinski definition) is 2. The summed E-state index contributed by atoms with van der Waals surface area (Å²) in [5.74, 6) is 0. The number of thiocarbonyl (C=S) groups is 1. The molecule has 0 radical (unpaired) electrons. The minimum atomic E-state index is 0.332. The minimum Gasteiger partial charge on any atom is -0.388 e. The molecule has 19 heavy (non-hydrogen) atoms. The second-order valence-electron chi connectivity index (χ2n) is 4.53. The first-order chi connectivity index (χ1) is 9.25. The Morgan fingerprint density at radius 1 is 1.42 bits per heavy atom. The number of ether oxygens (including phenoxy) is 1. The highest BCUT2D eigenvalue weighted by Gasteiger charge is 2.08. The molecule has 0 atom stereocenters. The summed E-state index contributed by atoms with van der Waals surface area (Å²) < 4.78 is 5.32. The fraction of sp³-hybridized carbons (Fsp3) is 0.538. The average Bonchev–Trinajstić information content (AvgIpc) is 2.45. The Morgan fingerprint density at radius 2 is 2.21 bits per heavy atom. The van der Waals surface area contributed by atoms with Crippen molar-refractivity contribution in [3.63, 3.8) is 0 Å². The van der Waals surface area contributed by atoms with Crippen molar-refractivity contribution in [2.45, 2.75) is 6.42 Å². The lowest BCUT2D eigenvalue weighted by atomic mass is 10.3. The molecule has 0 amide bonds. The van der Waals surface area contributed by atoms with Crippen LogP contribution in [0.2, 0.25) is 0 Å². The summed E-state index contributed by atoms with van der Waals surface area (Å²) in [7, 11) is 0. The molecule has 104 valence electrons. The first-order valence-corrected chi connectivity index (χ1v) is 6.96. The largest absolute Gasteiger partial charge is 0.388 e. The van der Waals surface area contributed by atoms with Crippen LogP contribution in [0.5, 0.6) is 0 Å². The third kappa shape index (κ3) is 4.74. The highest BCUT2D eigenvalue weighted by Crippen LogP contribution is 2.06. The van der Waals surface area contributed by atoms with Gasteiger partial charge in [0.25, 0.3) is 0 Å². The van der Waals surface area contributed by atoms with Crippen LogP contribution in [0.15, 0.2) is 18.3 Å². The molecule has 6 heteroatoms. The van der Waals surface area contributed by atoms with Crippen molar-refractivity contribution >= 4 is 22.9 Å². The highest BCUT2D eigenvalue weighted by atomic mass is 32.1. The summed E-state index contributed by atoms with van der Waals surface area (Å²) in [6.45, 7) is 5.85. The predicted molar refractivity (Wildman–Crippen MR) is 80.5 cm³/mol. The van der Waals surface area contributed by atoms with E-state index in [1.165, 1.54) is 0 Å².